The van der Waals surface area contributed by atoms with E-state index in [0.717, 1.165) is 16.0 Å². The number of fused-ring (bicyclic) bond motifs is 2. The maximum atomic E-state index is 13.5. The van der Waals surface area contributed by atoms with Gasteiger partial charge in [0.1, 0.15) is 17.6 Å². The summed E-state index contributed by atoms with van der Waals surface area (Å²) in [5, 5.41) is 12.9. The third kappa shape index (κ3) is 4.07. The lowest BCUT2D eigenvalue weighted by atomic mass is 9.94. The second-order valence-electron chi connectivity index (χ2n) is 8.91. The number of nitrogens with zero attached hydrogens (tertiary/aromatic N) is 2. The van der Waals surface area contributed by atoms with Crippen molar-refractivity contribution in [3.05, 3.63) is 91.9 Å². The third-order valence-electron chi connectivity index (χ3n) is 6.42. The topological polar surface area (TPSA) is 79.7 Å². The molecule has 6 rings (SSSR count). The van der Waals surface area contributed by atoms with E-state index in [1.54, 1.807) is 54.6 Å². The molecule has 2 aliphatic heterocycles. The number of ether oxygens (including phenoxy) is 1. The van der Waals surface area contributed by atoms with Gasteiger partial charge in [0.15, 0.2) is 5.13 Å². The van der Waals surface area contributed by atoms with E-state index in [1.807, 2.05) is 6.92 Å². The zero-order valence-corrected chi connectivity index (χ0v) is 22.3. The first-order valence-electron chi connectivity index (χ1n) is 11.3. The normalized spacial score (nSPS) is 20.5. The Bertz CT molecular complexity index is 1660. The smallest absolute Gasteiger partial charge is 0.301 e. The quantitative estimate of drug-likeness (QED) is 0.160. The molecule has 186 valence electrons. The van der Waals surface area contributed by atoms with Gasteiger partial charge >= 0.3 is 5.91 Å². The Morgan fingerprint density at radius 3 is 2.65 bits per heavy atom. The van der Waals surface area contributed by atoms with Gasteiger partial charge in [-0.05, 0) is 66.6 Å². The summed E-state index contributed by atoms with van der Waals surface area (Å²) in [7, 11) is 0. The Kier molecular flexibility index (Phi) is 5.92. The summed E-state index contributed by atoms with van der Waals surface area (Å²) in [6, 6.07) is 14.3. The average molecular weight is 572 g/mol. The van der Waals surface area contributed by atoms with Crippen LogP contribution >= 0.6 is 46.1 Å². The van der Waals surface area contributed by atoms with Crippen molar-refractivity contribution in [1.82, 2.24) is 4.98 Å². The number of benzene rings is 3. The molecule has 0 radical (unpaired) electrons. The number of halogens is 3. The highest BCUT2D eigenvalue weighted by atomic mass is 35.5. The van der Waals surface area contributed by atoms with E-state index < -0.39 is 17.7 Å². The van der Waals surface area contributed by atoms with Crippen LogP contribution in [-0.2, 0) is 16.0 Å². The van der Waals surface area contributed by atoms with Crippen LogP contribution in [0.15, 0.2) is 60.2 Å². The SMILES string of the molecule is C[C@@H]1Cc2cc(/C(O)=C3\C(=O)C(=O)N(c4nc5ccc(Cl)cc5s4)[C@@H]3c3ccc(Cl)c(Cl)c3)ccc2O1. The third-order valence-corrected chi connectivity index (χ3v) is 8.41. The summed E-state index contributed by atoms with van der Waals surface area (Å²) in [5.41, 5.74) is 2.40. The molecule has 37 heavy (non-hydrogen) atoms. The highest BCUT2D eigenvalue weighted by Crippen LogP contribution is 2.46. The average Bonchev–Trinajstić information content (AvgIpc) is 3.52. The van der Waals surface area contributed by atoms with Crippen molar-refractivity contribution >= 4 is 78.9 Å². The van der Waals surface area contributed by atoms with Gasteiger partial charge < -0.3 is 9.84 Å². The predicted octanol–water partition coefficient (Wildman–Crippen LogP) is 7.21. The zero-order valence-electron chi connectivity index (χ0n) is 19.2. The zero-order chi connectivity index (χ0) is 26.0. The monoisotopic (exact) mass is 570 g/mol. The number of aliphatic hydroxyl groups is 1. The van der Waals surface area contributed by atoms with Crippen LogP contribution in [0, 0.1) is 0 Å². The number of aromatic nitrogens is 1. The molecule has 0 saturated carbocycles. The molecule has 2 atom stereocenters. The van der Waals surface area contributed by atoms with Crippen molar-refractivity contribution in [2.75, 3.05) is 4.90 Å². The van der Waals surface area contributed by atoms with Crippen LogP contribution in [-0.4, -0.2) is 27.9 Å². The molecule has 6 nitrogen and oxygen atoms in total. The van der Waals surface area contributed by atoms with Gasteiger partial charge in [-0.2, -0.15) is 0 Å². The molecule has 0 aliphatic carbocycles. The Morgan fingerprint density at radius 2 is 1.86 bits per heavy atom. The Morgan fingerprint density at radius 1 is 1.05 bits per heavy atom. The van der Waals surface area contributed by atoms with Gasteiger partial charge in [-0.25, -0.2) is 4.98 Å². The summed E-state index contributed by atoms with van der Waals surface area (Å²) in [6.07, 6.45) is 0.691. The lowest BCUT2D eigenvalue weighted by Gasteiger charge is -2.23. The van der Waals surface area contributed by atoms with Gasteiger partial charge in [0.05, 0.1) is 31.9 Å². The minimum Gasteiger partial charge on any atom is -0.507 e. The Balaban J connectivity index is 1.55. The summed E-state index contributed by atoms with van der Waals surface area (Å²) >= 11 is 19.8. The first-order valence-corrected chi connectivity index (χ1v) is 13.3. The number of rotatable bonds is 3. The molecule has 3 heterocycles. The standard InChI is InChI=1S/C27H17Cl3N2O4S/c1-12-8-15-9-14(3-7-20(15)36-12)24(33)22-23(13-2-5-17(29)18(30)10-13)32(26(35)25(22)34)27-31-19-6-4-16(28)11-21(19)37-27/h2-7,9-12,23,33H,8H2,1H3/b24-22+/t12-,23-/m1/s1. The maximum Gasteiger partial charge on any atom is 0.301 e. The minimum absolute atomic E-state index is 0.0155. The van der Waals surface area contributed by atoms with E-state index in [9.17, 15) is 14.7 Å². The minimum atomic E-state index is -0.978. The number of carbonyl (C=O) groups excluding carboxylic acids is 2. The number of Topliss-reactive ketones (excluding diaryl/α,β-unsaturated/α-hetero) is 1. The highest BCUT2D eigenvalue weighted by Gasteiger charge is 2.48. The molecule has 10 heteroatoms. The summed E-state index contributed by atoms with van der Waals surface area (Å²) in [5.74, 6) is -1.18. The molecule has 0 spiro atoms. The highest BCUT2D eigenvalue weighted by molar-refractivity contribution is 7.22. The fourth-order valence-corrected chi connectivity index (χ4v) is 6.32. The van der Waals surface area contributed by atoms with Crippen LogP contribution in [0.25, 0.3) is 16.0 Å². The van der Waals surface area contributed by atoms with Crippen molar-refractivity contribution in [1.29, 1.82) is 0 Å². The van der Waals surface area contributed by atoms with E-state index in [-0.39, 0.29) is 22.5 Å². The predicted molar refractivity (Wildman–Crippen MR) is 146 cm³/mol. The van der Waals surface area contributed by atoms with Crippen molar-refractivity contribution in [3.63, 3.8) is 0 Å². The number of hydrogen-bond acceptors (Lipinski definition) is 6. The van der Waals surface area contributed by atoms with Crippen molar-refractivity contribution in [3.8, 4) is 5.75 Å². The molecule has 1 N–H and O–H groups in total. The van der Waals surface area contributed by atoms with E-state index in [0.29, 0.717) is 38.2 Å². The molecule has 2 aliphatic rings. The first kappa shape index (κ1) is 24.2. The van der Waals surface area contributed by atoms with E-state index in [4.69, 9.17) is 39.5 Å². The Hall–Kier alpha value is -3.10. The molecule has 3 aromatic carbocycles. The van der Waals surface area contributed by atoms with Crippen LogP contribution in [0.5, 0.6) is 5.75 Å². The van der Waals surface area contributed by atoms with Gasteiger partial charge in [-0.15, -0.1) is 0 Å². The molecule has 1 saturated heterocycles. The van der Waals surface area contributed by atoms with Crippen LogP contribution in [0.4, 0.5) is 5.13 Å². The van der Waals surface area contributed by atoms with Crippen LogP contribution < -0.4 is 9.64 Å². The lowest BCUT2D eigenvalue weighted by Crippen LogP contribution is -2.29. The fourth-order valence-electron chi connectivity index (χ4n) is 4.74. The van der Waals surface area contributed by atoms with E-state index >= 15 is 0 Å². The number of ketones is 1. The second-order valence-corrected chi connectivity index (χ2v) is 11.2. The summed E-state index contributed by atoms with van der Waals surface area (Å²) in [6.45, 7) is 1.96. The van der Waals surface area contributed by atoms with Gasteiger partial charge in [0.25, 0.3) is 5.78 Å². The largest absolute Gasteiger partial charge is 0.507 e. The van der Waals surface area contributed by atoms with Gasteiger partial charge in [-0.1, -0.05) is 52.2 Å². The number of hydrogen-bond donors (Lipinski definition) is 1. The molecule has 0 bridgehead atoms. The summed E-state index contributed by atoms with van der Waals surface area (Å²) in [4.78, 5) is 32.8. The molecular weight excluding hydrogens is 555 g/mol. The fraction of sp³-hybridized carbons (Fsp3) is 0.148. The molecule has 4 aromatic rings. The number of carbonyl (C=O) groups is 2. The number of amides is 1. The van der Waals surface area contributed by atoms with Crippen LogP contribution in [0.1, 0.15) is 29.7 Å². The van der Waals surface area contributed by atoms with Gasteiger partial charge in [-0.3, -0.25) is 14.5 Å². The molecule has 1 aromatic heterocycles. The van der Waals surface area contributed by atoms with E-state index in [2.05, 4.69) is 4.98 Å². The van der Waals surface area contributed by atoms with Crippen LogP contribution in [0.3, 0.4) is 0 Å². The van der Waals surface area contributed by atoms with Gasteiger partial charge in [0.2, 0.25) is 0 Å². The maximum absolute atomic E-state index is 13.5. The number of thiazole rings is 1. The number of anilines is 1. The van der Waals surface area contributed by atoms with Crippen molar-refractivity contribution in [2.24, 2.45) is 0 Å². The molecular formula is C27H17Cl3N2O4S. The lowest BCUT2D eigenvalue weighted by molar-refractivity contribution is -0.132. The summed E-state index contributed by atoms with van der Waals surface area (Å²) < 4.78 is 6.52. The molecule has 1 fully saturated rings. The van der Waals surface area contributed by atoms with Crippen LogP contribution in [0.2, 0.25) is 15.1 Å². The van der Waals surface area contributed by atoms with E-state index in [1.165, 1.54) is 16.2 Å². The number of aliphatic hydroxyl groups excluding tert-OH is 1. The second kappa shape index (κ2) is 9.03. The molecule has 1 amide bonds. The van der Waals surface area contributed by atoms with Crippen molar-refractivity contribution in [2.45, 2.75) is 25.5 Å². The van der Waals surface area contributed by atoms with Crippen molar-refractivity contribution < 1.29 is 19.4 Å². The first-order chi connectivity index (χ1) is 17.7. The molecule has 0 unspecified atom stereocenters. The Labute approximate surface area is 230 Å². The van der Waals surface area contributed by atoms with Gasteiger partial charge in [0, 0.05) is 17.0 Å².